The molecule has 1 aromatic rings. The summed E-state index contributed by atoms with van der Waals surface area (Å²) in [7, 11) is 2.04. The van der Waals surface area contributed by atoms with Crippen molar-refractivity contribution in [1.82, 2.24) is 4.90 Å². The van der Waals surface area contributed by atoms with E-state index in [2.05, 4.69) is 10.2 Å². The molecule has 1 aliphatic heterocycles. The van der Waals surface area contributed by atoms with Crippen molar-refractivity contribution in [2.45, 2.75) is 25.3 Å². The number of rotatable bonds is 2. The van der Waals surface area contributed by atoms with Crippen LogP contribution in [0, 0.1) is 17.5 Å². The Morgan fingerprint density at radius 3 is 2.67 bits per heavy atom. The highest BCUT2D eigenvalue weighted by atomic mass is 19.2. The summed E-state index contributed by atoms with van der Waals surface area (Å²) in [5.74, 6) is -3.70. The summed E-state index contributed by atoms with van der Waals surface area (Å²) in [6.07, 6.45) is 2.79. The monoisotopic (exact) mass is 258 g/mol. The van der Waals surface area contributed by atoms with Gasteiger partial charge in [-0.15, -0.1) is 0 Å². The number of hydrogen-bond donors (Lipinski definition) is 1. The molecular formula is C13H17F3N2. The Hall–Kier alpha value is -1.23. The average Bonchev–Trinajstić information content (AvgIpc) is 2.55. The fraction of sp³-hybridized carbons (Fsp3) is 0.538. The van der Waals surface area contributed by atoms with Gasteiger partial charge in [-0.05, 0) is 51.5 Å². The third-order valence-electron chi connectivity index (χ3n) is 3.35. The molecule has 1 saturated heterocycles. The molecule has 100 valence electrons. The lowest BCUT2D eigenvalue weighted by Crippen LogP contribution is -2.23. The Balaban J connectivity index is 2.07. The van der Waals surface area contributed by atoms with Gasteiger partial charge in [0.05, 0.1) is 5.69 Å². The highest BCUT2D eigenvalue weighted by Crippen LogP contribution is 2.22. The highest BCUT2D eigenvalue weighted by Gasteiger charge is 2.18. The zero-order chi connectivity index (χ0) is 13.1. The largest absolute Gasteiger partial charge is 0.380 e. The van der Waals surface area contributed by atoms with E-state index in [4.69, 9.17) is 0 Å². The molecule has 1 aliphatic rings. The number of likely N-dealkylation sites (tertiary alicyclic amines) is 1. The minimum absolute atomic E-state index is 0.0449. The molecule has 5 heteroatoms. The van der Waals surface area contributed by atoms with Gasteiger partial charge < -0.3 is 10.2 Å². The van der Waals surface area contributed by atoms with Crippen molar-refractivity contribution in [3.63, 3.8) is 0 Å². The van der Waals surface area contributed by atoms with Crippen LogP contribution >= 0.6 is 0 Å². The minimum atomic E-state index is -1.41. The summed E-state index contributed by atoms with van der Waals surface area (Å²) in [6, 6.07) is 2.31. The molecule has 0 spiro atoms. The predicted molar refractivity (Wildman–Crippen MR) is 65.1 cm³/mol. The van der Waals surface area contributed by atoms with Crippen molar-refractivity contribution in [1.29, 1.82) is 0 Å². The van der Waals surface area contributed by atoms with Crippen molar-refractivity contribution in [3.05, 3.63) is 29.6 Å². The molecule has 18 heavy (non-hydrogen) atoms. The molecule has 1 fully saturated rings. The molecule has 0 aliphatic carbocycles. The van der Waals surface area contributed by atoms with Gasteiger partial charge in [0.15, 0.2) is 17.5 Å². The van der Waals surface area contributed by atoms with Gasteiger partial charge in [0, 0.05) is 6.04 Å². The van der Waals surface area contributed by atoms with E-state index >= 15 is 0 Å². The number of hydrogen-bond acceptors (Lipinski definition) is 2. The second-order valence-electron chi connectivity index (χ2n) is 4.80. The van der Waals surface area contributed by atoms with Crippen LogP contribution in [0.2, 0.25) is 0 Å². The van der Waals surface area contributed by atoms with E-state index in [9.17, 15) is 13.2 Å². The maximum Gasteiger partial charge on any atom is 0.196 e. The Labute approximate surface area is 105 Å². The first-order valence-corrected chi connectivity index (χ1v) is 6.16. The van der Waals surface area contributed by atoms with Crippen molar-refractivity contribution < 1.29 is 13.2 Å². The SMILES string of the molecule is CN1CCCC(Nc2ccc(F)c(F)c2F)CC1. The third-order valence-corrected chi connectivity index (χ3v) is 3.35. The van der Waals surface area contributed by atoms with Crippen LogP contribution in [0.25, 0.3) is 0 Å². The van der Waals surface area contributed by atoms with E-state index < -0.39 is 17.5 Å². The van der Waals surface area contributed by atoms with E-state index in [1.54, 1.807) is 0 Å². The zero-order valence-electron chi connectivity index (χ0n) is 10.3. The van der Waals surface area contributed by atoms with Crippen molar-refractivity contribution >= 4 is 5.69 Å². The molecule has 1 heterocycles. The van der Waals surface area contributed by atoms with Gasteiger partial charge in [0.2, 0.25) is 0 Å². The molecule has 0 bridgehead atoms. The van der Waals surface area contributed by atoms with Crippen LogP contribution in [0.5, 0.6) is 0 Å². The summed E-state index contributed by atoms with van der Waals surface area (Å²) in [5.41, 5.74) is 0.0449. The molecule has 0 amide bonds. The smallest absolute Gasteiger partial charge is 0.196 e. The topological polar surface area (TPSA) is 15.3 Å². The van der Waals surface area contributed by atoms with Crippen LogP contribution in [-0.4, -0.2) is 31.1 Å². The van der Waals surface area contributed by atoms with Crippen LogP contribution in [0.1, 0.15) is 19.3 Å². The van der Waals surface area contributed by atoms with Crippen molar-refractivity contribution in [3.8, 4) is 0 Å². The van der Waals surface area contributed by atoms with Crippen LogP contribution in [-0.2, 0) is 0 Å². The molecule has 1 unspecified atom stereocenters. The zero-order valence-corrected chi connectivity index (χ0v) is 10.3. The average molecular weight is 258 g/mol. The minimum Gasteiger partial charge on any atom is -0.380 e. The van der Waals surface area contributed by atoms with E-state index in [1.807, 2.05) is 7.05 Å². The lowest BCUT2D eigenvalue weighted by Gasteiger charge is -2.18. The molecule has 1 atom stereocenters. The van der Waals surface area contributed by atoms with Gasteiger partial charge >= 0.3 is 0 Å². The summed E-state index contributed by atoms with van der Waals surface area (Å²) in [6.45, 7) is 1.93. The van der Waals surface area contributed by atoms with E-state index in [0.29, 0.717) is 0 Å². The van der Waals surface area contributed by atoms with Gasteiger partial charge in [0.25, 0.3) is 0 Å². The van der Waals surface area contributed by atoms with Gasteiger partial charge in [-0.3, -0.25) is 0 Å². The fourth-order valence-corrected chi connectivity index (χ4v) is 2.24. The molecular weight excluding hydrogens is 241 g/mol. The van der Waals surface area contributed by atoms with E-state index in [-0.39, 0.29) is 11.7 Å². The molecule has 0 aromatic heterocycles. The van der Waals surface area contributed by atoms with Crippen LogP contribution in [0.3, 0.4) is 0 Å². The Morgan fingerprint density at radius 1 is 1.11 bits per heavy atom. The standard InChI is InChI=1S/C13H17F3N2/c1-18-7-2-3-9(6-8-18)17-11-5-4-10(14)12(15)13(11)16/h4-5,9,17H,2-3,6-8H2,1H3. The second kappa shape index (κ2) is 5.61. The quantitative estimate of drug-likeness (QED) is 0.820. The van der Waals surface area contributed by atoms with Gasteiger partial charge in [-0.2, -0.15) is 0 Å². The summed E-state index contributed by atoms with van der Waals surface area (Å²) in [4.78, 5) is 2.21. The van der Waals surface area contributed by atoms with Crippen LogP contribution in [0.4, 0.5) is 18.9 Å². The molecule has 1 aromatic carbocycles. The van der Waals surface area contributed by atoms with Crippen LogP contribution in [0.15, 0.2) is 12.1 Å². The Morgan fingerprint density at radius 2 is 1.89 bits per heavy atom. The van der Waals surface area contributed by atoms with Gasteiger partial charge in [0.1, 0.15) is 0 Å². The van der Waals surface area contributed by atoms with Crippen LogP contribution < -0.4 is 5.32 Å². The summed E-state index contributed by atoms with van der Waals surface area (Å²) in [5, 5.41) is 2.97. The number of nitrogens with one attached hydrogen (secondary N) is 1. The lowest BCUT2D eigenvalue weighted by atomic mass is 10.1. The number of halogens is 3. The first kappa shape index (κ1) is 13.2. The Kier molecular flexibility index (Phi) is 4.11. The second-order valence-corrected chi connectivity index (χ2v) is 4.80. The lowest BCUT2D eigenvalue weighted by molar-refractivity contribution is 0.348. The van der Waals surface area contributed by atoms with E-state index in [0.717, 1.165) is 38.4 Å². The maximum atomic E-state index is 13.5. The first-order chi connectivity index (χ1) is 8.58. The fourth-order valence-electron chi connectivity index (χ4n) is 2.24. The third kappa shape index (κ3) is 2.96. The number of benzene rings is 1. The molecule has 0 saturated carbocycles. The molecule has 1 N–H and O–H groups in total. The maximum absolute atomic E-state index is 13.5. The number of nitrogens with zero attached hydrogens (tertiary/aromatic N) is 1. The van der Waals surface area contributed by atoms with E-state index in [1.165, 1.54) is 6.07 Å². The molecule has 2 nitrogen and oxygen atoms in total. The number of anilines is 1. The van der Waals surface area contributed by atoms with Crippen molar-refractivity contribution in [2.24, 2.45) is 0 Å². The molecule has 0 radical (unpaired) electrons. The van der Waals surface area contributed by atoms with Gasteiger partial charge in [-0.25, -0.2) is 13.2 Å². The predicted octanol–water partition coefficient (Wildman–Crippen LogP) is 3.00. The summed E-state index contributed by atoms with van der Waals surface area (Å²) >= 11 is 0. The first-order valence-electron chi connectivity index (χ1n) is 6.16. The molecule has 2 rings (SSSR count). The summed E-state index contributed by atoms with van der Waals surface area (Å²) < 4.78 is 39.4. The Bertz CT molecular complexity index is 423. The highest BCUT2D eigenvalue weighted by molar-refractivity contribution is 5.46. The van der Waals surface area contributed by atoms with Crippen molar-refractivity contribution in [2.75, 3.05) is 25.5 Å². The van der Waals surface area contributed by atoms with Gasteiger partial charge in [-0.1, -0.05) is 0 Å². The normalized spacial score (nSPS) is 21.7.